The third-order valence-corrected chi connectivity index (χ3v) is 2.91. The van der Waals surface area contributed by atoms with Crippen LogP contribution in [0.2, 0.25) is 0 Å². The minimum Gasteiger partial charge on any atom is -0.170 e. The monoisotopic (exact) mass is 227 g/mol. The fraction of sp³-hybridized carbons (Fsp3) is 0.538. The summed E-state index contributed by atoms with van der Waals surface area (Å²) in [6.07, 6.45) is 7.26. The number of halogens is 3. The van der Waals surface area contributed by atoms with Gasteiger partial charge in [-0.15, -0.1) is 12.3 Å². The molecule has 1 aliphatic rings. The molecule has 0 saturated heterocycles. The first-order chi connectivity index (χ1) is 7.35. The number of rotatable bonds is 2. The molecule has 1 aliphatic carbocycles. The lowest BCUT2D eigenvalue weighted by Gasteiger charge is -2.40. The van der Waals surface area contributed by atoms with Crippen molar-refractivity contribution in [3.05, 3.63) is 24.3 Å². The second kappa shape index (κ2) is 4.37. The quantitative estimate of drug-likeness (QED) is 0.630. The molecule has 16 heavy (non-hydrogen) atoms. The number of alkyl halides is 3. The molecule has 0 saturated carbocycles. The molecule has 1 radical (unpaired) electrons. The molecule has 0 aromatic rings. The van der Waals surface area contributed by atoms with Crippen LogP contribution in [-0.2, 0) is 0 Å². The van der Waals surface area contributed by atoms with Crippen LogP contribution in [0, 0.1) is 35.7 Å². The van der Waals surface area contributed by atoms with Crippen molar-refractivity contribution in [1.82, 2.24) is 0 Å². The van der Waals surface area contributed by atoms with Gasteiger partial charge in [0.1, 0.15) is 5.41 Å². The van der Waals surface area contributed by atoms with Gasteiger partial charge in [0, 0.05) is 12.3 Å². The zero-order chi connectivity index (χ0) is 12.4. The van der Waals surface area contributed by atoms with Crippen molar-refractivity contribution in [2.75, 3.05) is 0 Å². The summed E-state index contributed by atoms with van der Waals surface area (Å²) in [5.41, 5.74) is -1.95. The Morgan fingerprint density at radius 2 is 2.12 bits per heavy atom. The number of allylic oxidation sites excluding steroid dienone is 4. The van der Waals surface area contributed by atoms with E-state index in [1.807, 2.05) is 0 Å². The largest absolute Gasteiger partial charge is 0.399 e. The fourth-order valence-corrected chi connectivity index (χ4v) is 2.13. The highest BCUT2D eigenvalue weighted by molar-refractivity contribution is 5.22. The van der Waals surface area contributed by atoms with Crippen LogP contribution in [0.3, 0.4) is 0 Å². The zero-order valence-corrected chi connectivity index (χ0v) is 9.31. The Kier molecular flexibility index (Phi) is 3.52. The van der Waals surface area contributed by atoms with Gasteiger partial charge in [-0.05, 0) is 12.0 Å². The molecule has 0 amide bonds. The first kappa shape index (κ1) is 12.9. The predicted molar refractivity (Wildman–Crippen MR) is 57.2 cm³/mol. The standard InChI is InChI=1S/C13H14F3/c1-4-8-12(13(14,15)16)9-6-5-7-11(12)10(2)3/h1,5-6,9-11H,8H2,2-3H3. The zero-order valence-electron chi connectivity index (χ0n) is 9.31. The molecule has 0 nitrogen and oxygen atoms in total. The van der Waals surface area contributed by atoms with Crippen LogP contribution in [0.4, 0.5) is 13.2 Å². The van der Waals surface area contributed by atoms with Gasteiger partial charge in [0.25, 0.3) is 0 Å². The molecule has 87 valence electrons. The second-order valence-electron chi connectivity index (χ2n) is 4.33. The van der Waals surface area contributed by atoms with Gasteiger partial charge in [-0.3, -0.25) is 0 Å². The molecule has 2 unspecified atom stereocenters. The Hall–Kier alpha value is -1.17. The van der Waals surface area contributed by atoms with Crippen LogP contribution >= 0.6 is 0 Å². The van der Waals surface area contributed by atoms with Gasteiger partial charge in [-0.2, -0.15) is 13.2 Å². The second-order valence-corrected chi connectivity index (χ2v) is 4.33. The third-order valence-electron chi connectivity index (χ3n) is 2.91. The van der Waals surface area contributed by atoms with E-state index in [1.165, 1.54) is 18.2 Å². The smallest absolute Gasteiger partial charge is 0.170 e. The van der Waals surface area contributed by atoms with E-state index in [-0.39, 0.29) is 12.3 Å². The Labute approximate surface area is 94.2 Å². The van der Waals surface area contributed by atoms with Crippen molar-refractivity contribution < 1.29 is 13.2 Å². The first-order valence-electron chi connectivity index (χ1n) is 5.12. The van der Waals surface area contributed by atoms with E-state index in [1.54, 1.807) is 13.8 Å². The number of hydrogen-bond donors (Lipinski definition) is 0. The molecule has 0 aliphatic heterocycles. The molecule has 3 heteroatoms. The summed E-state index contributed by atoms with van der Waals surface area (Å²) in [5.74, 6) is 1.27. The van der Waals surface area contributed by atoms with Crippen molar-refractivity contribution in [2.45, 2.75) is 26.4 Å². The van der Waals surface area contributed by atoms with Crippen LogP contribution in [-0.4, -0.2) is 6.18 Å². The highest BCUT2D eigenvalue weighted by Crippen LogP contribution is 2.52. The van der Waals surface area contributed by atoms with Gasteiger partial charge in [-0.25, -0.2) is 0 Å². The normalized spacial score (nSPS) is 29.4. The summed E-state index contributed by atoms with van der Waals surface area (Å²) in [5, 5.41) is 0. The minimum absolute atomic E-state index is 0.156. The average molecular weight is 227 g/mol. The summed E-state index contributed by atoms with van der Waals surface area (Å²) >= 11 is 0. The van der Waals surface area contributed by atoms with Crippen molar-refractivity contribution in [3.8, 4) is 12.3 Å². The van der Waals surface area contributed by atoms with E-state index in [2.05, 4.69) is 12.0 Å². The Bertz CT molecular complexity index is 341. The van der Waals surface area contributed by atoms with Crippen LogP contribution in [0.25, 0.3) is 0 Å². The molecule has 2 atom stereocenters. The van der Waals surface area contributed by atoms with Gasteiger partial charge in [0.05, 0.1) is 0 Å². The predicted octanol–water partition coefficient (Wildman–Crippen LogP) is 3.76. The Morgan fingerprint density at radius 1 is 1.50 bits per heavy atom. The molecule has 0 heterocycles. The summed E-state index contributed by atoms with van der Waals surface area (Å²) < 4.78 is 39.6. The fourth-order valence-electron chi connectivity index (χ4n) is 2.13. The number of hydrogen-bond acceptors (Lipinski definition) is 0. The molecule has 0 bridgehead atoms. The first-order valence-corrected chi connectivity index (χ1v) is 5.12. The molecule has 0 fully saturated rings. The minimum atomic E-state index is -4.34. The third kappa shape index (κ3) is 2.02. The van der Waals surface area contributed by atoms with E-state index >= 15 is 0 Å². The van der Waals surface area contributed by atoms with E-state index in [0.717, 1.165) is 0 Å². The SMILES string of the molecule is C#CCC1(C(F)(F)F)C=CC=[C]C1C(C)C. The maximum Gasteiger partial charge on any atom is 0.399 e. The summed E-state index contributed by atoms with van der Waals surface area (Å²) in [6, 6.07) is 0. The topological polar surface area (TPSA) is 0 Å². The summed E-state index contributed by atoms with van der Waals surface area (Å²) in [7, 11) is 0. The van der Waals surface area contributed by atoms with E-state index in [4.69, 9.17) is 6.42 Å². The molecule has 0 N–H and O–H groups in total. The van der Waals surface area contributed by atoms with Crippen LogP contribution in [0.1, 0.15) is 20.3 Å². The van der Waals surface area contributed by atoms with Crippen molar-refractivity contribution in [3.63, 3.8) is 0 Å². The highest BCUT2D eigenvalue weighted by atomic mass is 19.4. The Balaban J connectivity index is 3.23. The van der Waals surface area contributed by atoms with E-state index in [9.17, 15) is 13.2 Å². The maximum absolute atomic E-state index is 13.2. The number of terminal acetylenes is 1. The van der Waals surface area contributed by atoms with Crippen molar-refractivity contribution in [2.24, 2.45) is 17.3 Å². The highest BCUT2D eigenvalue weighted by Gasteiger charge is 2.57. The molecular formula is C13H14F3. The van der Waals surface area contributed by atoms with Gasteiger partial charge in [0.2, 0.25) is 0 Å². The molecule has 0 aromatic heterocycles. The molecule has 0 spiro atoms. The average Bonchev–Trinajstić information content (AvgIpc) is 2.16. The lowest BCUT2D eigenvalue weighted by Crippen LogP contribution is -2.45. The van der Waals surface area contributed by atoms with Crippen LogP contribution < -0.4 is 0 Å². The maximum atomic E-state index is 13.2. The van der Waals surface area contributed by atoms with E-state index < -0.39 is 17.5 Å². The van der Waals surface area contributed by atoms with Crippen molar-refractivity contribution in [1.29, 1.82) is 0 Å². The van der Waals surface area contributed by atoms with Crippen LogP contribution in [0.15, 0.2) is 18.2 Å². The van der Waals surface area contributed by atoms with Gasteiger partial charge in [-0.1, -0.05) is 32.1 Å². The molecule has 0 aromatic carbocycles. The lowest BCUT2D eigenvalue weighted by atomic mass is 9.66. The van der Waals surface area contributed by atoms with Gasteiger partial charge < -0.3 is 0 Å². The summed E-state index contributed by atoms with van der Waals surface area (Å²) in [6.45, 7) is 3.50. The van der Waals surface area contributed by atoms with Gasteiger partial charge >= 0.3 is 6.18 Å². The van der Waals surface area contributed by atoms with Gasteiger partial charge in [0.15, 0.2) is 0 Å². The lowest BCUT2D eigenvalue weighted by molar-refractivity contribution is -0.222. The van der Waals surface area contributed by atoms with Crippen LogP contribution in [0.5, 0.6) is 0 Å². The van der Waals surface area contributed by atoms with Crippen molar-refractivity contribution >= 4 is 0 Å². The molecule has 1 rings (SSSR count). The Morgan fingerprint density at radius 3 is 2.56 bits per heavy atom. The molecular weight excluding hydrogens is 213 g/mol. The van der Waals surface area contributed by atoms with E-state index in [0.29, 0.717) is 0 Å². The summed E-state index contributed by atoms with van der Waals surface area (Å²) in [4.78, 5) is 0.